The Balaban J connectivity index is 0.00000192. The Hall–Kier alpha value is -0.750. The van der Waals surface area contributed by atoms with Crippen molar-refractivity contribution < 1.29 is 0 Å². The molecular weight excluding hydrogens is 421 g/mol. The van der Waals surface area contributed by atoms with Gasteiger partial charge < -0.3 is 10.6 Å². The highest BCUT2D eigenvalue weighted by atomic mass is 127. The van der Waals surface area contributed by atoms with Gasteiger partial charge in [0.25, 0.3) is 0 Å². The third kappa shape index (κ3) is 4.86. The number of halogens is 2. The van der Waals surface area contributed by atoms with Gasteiger partial charge in [-0.25, -0.2) is 0 Å². The lowest BCUT2D eigenvalue weighted by atomic mass is 9.96. The lowest BCUT2D eigenvalue weighted by Crippen LogP contribution is -2.42. The maximum Gasteiger partial charge on any atom is 0.191 e. The largest absolute Gasteiger partial charge is 0.357 e. The summed E-state index contributed by atoms with van der Waals surface area (Å²) in [6, 6.07) is 8.74. The molecule has 1 aromatic rings. The molecule has 0 unspecified atom stereocenters. The summed E-state index contributed by atoms with van der Waals surface area (Å²) in [4.78, 5) is 4.84. The lowest BCUT2D eigenvalue weighted by Gasteiger charge is -2.19. The first kappa shape index (κ1) is 18.6. The van der Waals surface area contributed by atoms with Gasteiger partial charge in [0.1, 0.15) is 0 Å². The van der Waals surface area contributed by atoms with Crippen molar-refractivity contribution in [3.05, 3.63) is 47.0 Å². The van der Waals surface area contributed by atoms with Gasteiger partial charge in [-0.1, -0.05) is 35.9 Å². The van der Waals surface area contributed by atoms with E-state index in [1.54, 1.807) is 0 Å². The predicted molar refractivity (Wildman–Crippen MR) is 109 cm³/mol. The molecule has 1 saturated carbocycles. The molecule has 2 N–H and O–H groups in total. The van der Waals surface area contributed by atoms with Gasteiger partial charge in [-0.3, -0.25) is 4.99 Å². The molecular formula is C18H25ClIN3. The van der Waals surface area contributed by atoms with E-state index < -0.39 is 0 Å². The summed E-state index contributed by atoms with van der Waals surface area (Å²) < 4.78 is 0. The number of hydrogen-bond donors (Lipinski definition) is 2. The lowest BCUT2D eigenvalue weighted by molar-refractivity contribution is 0.625. The molecule has 5 heteroatoms. The zero-order valence-corrected chi connectivity index (χ0v) is 16.6. The summed E-state index contributed by atoms with van der Waals surface area (Å²) in [6.45, 7) is 3.83. The van der Waals surface area contributed by atoms with Gasteiger partial charge in [-0.2, -0.15) is 0 Å². The van der Waals surface area contributed by atoms with Crippen LogP contribution in [0.5, 0.6) is 0 Å². The molecule has 23 heavy (non-hydrogen) atoms. The second-order valence-electron chi connectivity index (χ2n) is 6.27. The number of nitrogens with zero attached hydrogens (tertiary/aromatic N) is 1. The molecule has 0 atom stereocenters. The first-order valence-electron chi connectivity index (χ1n) is 8.18. The zero-order chi connectivity index (χ0) is 15.4. The molecule has 3 rings (SSSR count). The number of guanidine groups is 1. The van der Waals surface area contributed by atoms with E-state index >= 15 is 0 Å². The molecule has 0 aromatic heterocycles. The van der Waals surface area contributed by atoms with Crippen molar-refractivity contribution in [2.75, 3.05) is 13.1 Å². The summed E-state index contributed by atoms with van der Waals surface area (Å²) in [6.07, 6.45) is 9.07. The molecule has 0 bridgehead atoms. The molecule has 0 saturated heterocycles. The summed E-state index contributed by atoms with van der Waals surface area (Å²) >= 11 is 5.99. The van der Waals surface area contributed by atoms with Crippen molar-refractivity contribution in [2.24, 2.45) is 4.99 Å². The monoisotopic (exact) mass is 445 g/mol. The normalized spacial score (nSPS) is 19.3. The highest BCUT2D eigenvalue weighted by molar-refractivity contribution is 14.0. The summed E-state index contributed by atoms with van der Waals surface area (Å²) in [5.74, 6) is 0.941. The fourth-order valence-corrected chi connectivity index (χ4v) is 3.10. The van der Waals surface area contributed by atoms with E-state index in [2.05, 4.69) is 41.8 Å². The highest BCUT2D eigenvalue weighted by Crippen LogP contribution is 2.48. The third-order valence-corrected chi connectivity index (χ3v) is 4.79. The Morgan fingerprint density at radius 2 is 1.87 bits per heavy atom. The average Bonchev–Trinajstić information content (AvgIpc) is 3.14. The van der Waals surface area contributed by atoms with E-state index in [0.717, 1.165) is 36.9 Å². The van der Waals surface area contributed by atoms with E-state index in [1.165, 1.54) is 18.4 Å². The van der Waals surface area contributed by atoms with Gasteiger partial charge in [0.15, 0.2) is 5.96 Å². The van der Waals surface area contributed by atoms with E-state index in [1.807, 2.05) is 12.1 Å². The van der Waals surface area contributed by atoms with Gasteiger partial charge >= 0.3 is 0 Å². The van der Waals surface area contributed by atoms with Crippen molar-refractivity contribution in [3.63, 3.8) is 0 Å². The maximum atomic E-state index is 5.99. The Morgan fingerprint density at radius 1 is 1.22 bits per heavy atom. The first-order chi connectivity index (χ1) is 10.7. The van der Waals surface area contributed by atoms with Crippen molar-refractivity contribution in [1.29, 1.82) is 0 Å². The van der Waals surface area contributed by atoms with E-state index in [-0.39, 0.29) is 29.4 Å². The van der Waals surface area contributed by atoms with Crippen LogP contribution < -0.4 is 10.6 Å². The van der Waals surface area contributed by atoms with Gasteiger partial charge in [0, 0.05) is 23.0 Å². The minimum absolute atomic E-state index is 0. The van der Waals surface area contributed by atoms with Gasteiger partial charge in [-0.15, -0.1) is 24.0 Å². The van der Waals surface area contributed by atoms with Crippen LogP contribution in [-0.2, 0) is 5.41 Å². The van der Waals surface area contributed by atoms with Gasteiger partial charge in [-0.05, 0) is 50.3 Å². The van der Waals surface area contributed by atoms with E-state index in [4.69, 9.17) is 16.6 Å². The Bertz CT molecular complexity index is 556. The molecule has 0 radical (unpaired) electrons. The molecule has 0 amide bonds. The third-order valence-electron chi connectivity index (χ3n) is 4.54. The second kappa shape index (κ2) is 8.38. The highest BCUT2D eigenvalue weighted by Gasteiger charge is 2.44. The second-order valence-corrected chi connectivity index (χ2v) is 6.70. The van der Waals surface area contributed by atoms with Crippen molar-refractivity contribution in [3.8, 4) is 0 Å². The van der Waals surface area contributed by atoms with Crippen LogP contribution in [0, 0.1) is 0 Å². The van der Waals surface area contributed by atoms with Crippen molar-refractivity contribution >= 4 is 41.5 Å². The summed E-state index contributed by atoms with van der Waals surface area (Å²) in [5.41, 5.74) is 1.58. The standard InChI is InChI=1S/C18H24ClN3.HI/c1-2-20-17(22-16-5-3-4-6-16)21-13-18(11-12-18)14-7-9-15(19)10-8-14;/h3-4,7-10,16H,2,5-6,11-13H2,1H3,(H2,20,21,22);1H. The van der Waals surface area contributed by atoms with Crippen LogP contribution in [0.15, 0.2) is 41.4 Å². The molecule has 1 aromatic carbocycles. The SMILES string of the molecule is CCNC(=NCC1(c2ccc(Cl)cc2)CC1)NC1CC=CC1.I. The Kier molecular flexibility index (Phi) is 6.77. The maximum absolute atomic E-state index is 5.99. The number of nitrogens with one attached hydrogen (secondary N) is 2. The number of rotatable bonds is 5. The number of hydrogen-bond acceptors (Lipinski definition) is 1. The molecule has 2 aliphatic carbocycles. The smallest absolute Gasteiger partial charge is 0.191 e. The fourth-order valence-electron chi connectivity index (χ4n) is 2.97. The van der Waals surface area contributed by atoms with Crippen LogP contribution in [0.25, 0.3) is 0 Å². The minimum atomic E-state index is 0. The molecule has 0 heterocycles. The van der Waals surface area contributed by atoms with Crippen LogP contribution in [0.2, 0.25) is 5.02 Å². The number of benzene rings is 1. The molecule has 0 spiro atoms. The molecule has 1 fully saturated rings. The van der Waals surface area contributed by atoms with Crippen LogP contribution >= 0.6 is 35.6 Å². The summed E-state index contributed by atoms with van der Waals surface area (Å²) in [5, 5.41) is 7.69. The predicted octanol–water partition coefficient (Wildman–Crippen LogP) is 4.26. The van der Waals surface area contributed by atoms with Crippen molar-refractivity contribution in [1.82, 2.24) is 10.6 Å². The van der Waals surface area contributed by atoms with Crippen LogP contribution in [0.1, 0.15) is 38.2 Å². The van der Waals surface area contributed by atoms with E-state index in [0.29, 0.717) is 6.04 Å². The fraction of sp³-hybridized carbons (Fsp3) is 0.500. The Morgan fingerprint density at radius 3 is 2.43 bits per heavy atom. The van der Waals surface area contributed by atoms with E-state index in [9.17, 15) is 0 Å². The van der Waals surface area contributed by atoms with Crippen LogP contribution in [-0.4, -0.2) is 25.1 Å². The topological polar surface area (TPSA) is 36.4 Å². The average molecular weight is 446 g/mol. The number of aliphatic imine (C=N–C) groups is 1. The quantitative estimate of drug-likeness (QED) is 0.307. The Labute approximate surface area is 161 Å². The molecule has 3 nitrogen and oxygen atoms in total. The van der Waals surface area contributed by atoms with Crippen LogP contribution in [0.4, 0.5) is 0 Å². The van der Waals surface area contributed by atoms with Crippen molar-refractivity contribution in [2.45, 2.75) is 44.1 Å². The zero-order valence-electron chi connectivity index (χ0n) is 13.5. The minimum Gasteiger partial charge on any atom is -0.357 e. The van der Waals surface area contributed by atoms with Gasteiger partial charge in [0.05, 0.1) is 6.54 Å². The molecule has 2 aliphatic rings. The van der Waals surface area contributed by atoms with Crippen LogP contribution in [0.3, 0.4) is 0 Å². The van der Waals surface area contributed by atoms with Gasteiger partial charge in [0.2, 0.25) is 0 Å². The summed E-state index contributed by atoms with van der Waals surface area (Å²) in [7, 11) is 0. The first-order valence-corrected chi connectivity index (χ1v) is 8.55. The molecule has 126 valence electrons. The molecule has 0 aliphatic heterocycles.